The van der Waals surface area contributed by atoms with E-state index in [1.165, 1.54) is 12.1 Å². The molecule has 0 aliphatic carbocycles. The Balaban J connectivity index is 2.37. The summed E-state index contributed by atoms with van der Waals surface area (Å²) in [6.07, 6.45) is 0. The van der Waals surface area contributed by atoms with Gasteiger partial charge in [-0.3, -0.25) is 0 Å². The third kappa shape index (κ3) is 1.97. The third-order valence-electron chi connectivity index (χ3n) is 2.48. The molecule has 0 atom stereocenters. The fourth-order valence-corrected chi connectivity index (χ4v) is 1.57. The lowest BCUT2D eigenvalue weighted by molar-refractivity contribution is 0.378. The van der Waals surface area contributed by atoms with Crippen LogP contribution >= 0.6 is 0 Å². The smallest absolute Gasteiger partial charge is 0.154 e. The molecule has 1 heterocycles. The Morgan fingerprint density at radius 1 is 1.31 bits per heavy atom. The lowest BCUT2D eigenvalue weighted by Gasteiger charge is -1.98. The van der Waals surface area contributed by atoms with Crippen molar-refractivity contribution >= 4 is 0 Å². The summed E-state index contributed by atoms with van der Waals surface area (Å²) in [6.45, 7) is 2.59. The van der Waals surface area contributed by atoms with Crippen molar-refractivity contribution in [2.75, 3.05) is 7.05 Å². The highest BCUT2D eigenvalue weighted by Gasteiger charge is 2.12. The molecule has 84 valence electrons. The SMILES string of the molecule is CNCc1onc(-c2ccc(F)cc2)c1C. The van der Waals surface area contributed by atoms with Gasteiger partial charge in [-0.15, -0.1) is 0 Å². The first-order chi connectivity index (χ1) is 7.72. The van der Waals surface area contributed by atoms with Crippen molar-refractivity contribution < 1.29 is 8.91 Å². The molecule has 0 amide bonds. The second-order valence-electron chi connectivity index (χ2n) is 3.62. The molecule has 0 aliphatic heterocycles. The molecule has 4 heteroatoms. The van der Waals surface area contributed by atoms with Crippen molar-refractivity contribution in [3.8, 4) is 11.3 Å². The number of nitrogens with zero attached hydrogens (tertiary/aromatic N) is 1. The van der Waals surface area contributed by atoms with Crippen LogP contribution in [0.5, 0.6) is 0 Å². The molecule has 0 spiro atoms. The van der Waals surface area contributed by atoms with Crippen molar-refractivity contribution in [3.63, 3.8) is 0 Å². The van der Waals surface area contributed by atoms with E-state index in [1.807, 2.05) is 14.0 Å². The zero-order valence-electron chi connectivity index (χ0n) is 9.25. The average Bonchev–Trinajstić information content (AvgIpc) is 2.63. The molecule has 16 heavy (non-hydrogen) atoms. The highest BCUT2D eigenvalue weighted by atomic mass is 19.1. The number of hydrogen-bond donors (Lipinski definition) is 1. The van der Waals surface area contributed by atoms with E-state index >= 15 is 0 Å². The molecule has 0 radical (unpaired) electrons. The highest BCUT2D eigenvalue weighted by Crippen LogP contribution is 2.24. The van der Waals surface area contributed by atoms with E-state index < -0.39 is 0 Å². The van der Waals surface area contributed by atoms with Crippen LogP contribution in [-0.2, 0) is 6.54 Å². The monoisotopic (exact) mass is 220 g/mol. The van der Waals surface area contributed by atoms with Gasteiger partial charge in [0.2, 0.25) is 0 Å². The molecule has 0 saturated heterocycles. The maximum absolute atomic E-state index is 12.8. The second-order valence-corrected chi connectivity index (χ2v) is 3.62. The molecule has 1 N–H and O–H groups in total. The van der Waals surface area contributed by atoms with Gasteiger partial charge in [-0.25, -0.2) is 4.39 Å². The molecular weight excluding hydrogens is 207 g/mol. The Bertz CT molecular complexity index is 476. The summed E-state index contributed by atoms with van der Waals surface area (Å²) in [5.74, 6) is 0.558. The van der Waals surface area contributed by atoms with Crippen LogP contribution in [-0.4, -0.2) is 12.2 Å². The molecular formula is C12H13FN2O. The Kier molecular flexibility index (Phi) is 3.01. The highest BCUT2D eigenvalue weighted by molar-refractivity contribution is 5.62. The Hall–Kier alpha value is -1.68. The van der Waals surface area contributed by atoms with Crippen molar-refractivity contribution in [1.29, 1.82) is 0 Å². The number of hydrogen-bond acceptors (Lipinski definition) is 3. The standard InChI is InChI=1S/C12H13FN2O/c1-8-11(7-14-2)16-15-12(8)9-3-5-10(13)6-4-9/h3-6,14H,7H2,1-2H3. The van der Waals surface area contributed by atoms with Crippen LogP contribution in [0.1, 0.15) is 11.3 Å². The minimum absolute atomic E-state index is 0.250. The molecule has 0 bridgehead atoms. The predicted octanol–water partition coefficient (Wildman–Crippen LogP) is 2.51. The normalized spacial score (nSPS) is 10.7. The molecule has 3 nitrogen and oxygen atoms in total. The first-order valence-corrected chi connectivity index (χ1v) is 5.08. The predicted molar refractivity (Wildman–Crippen MR) is 59.4 cm³/mol. The van der Waals surface area contributed by atoms with Gasteiger partial charge < -0.3 is 9.84 Å². The van der Waals surface area contributed by atoms with Crippen molar-refractivity contribution in [2.45, 2.75) is 13.5 Å². The van der Waals surface area contributed by atoms with Gasteiger partial charge in [0, 0.05) is 11.1 Å². The van der Waals surface area contributed by atoms with E-state index in [2.05, 4.69) is 10.5 Å². The molecule has 2 aromatic rings. The minimum Gasteiger partial charge on any atom is -0.359 e. The van der Waals surface area contributed by atoms with Gasteiger partial charge in [0.15, 0.2) is 5.76 Å². The second kappa shape index (κ2) is 4.45. The van der Waals surface area contributed by atoms with Gasteiger partial charge in [-0.1, -0.05) is 5.16 Å². The van der Waals surface area contributed by atoms with E-state index in [9.17, 15) is 4.39 Å². The summed E-state index contributed by atoms with van der Waals surface area (Å²) < 4.78 is 18.0. The van der Waals surface area contributed by atoms with Crippen LogP contribution in [0.3, 0.4) is 0 Å². The van der Waals surface area contributed by atoms with Gasteiger partial charge in [-0.05, 0) is 38.2 Å². The fraction of sp³-hybridized carbons (Fsp3) is 0.250. The van der Waals surface area contributed by atoms with Gasteiger partial charge in [0.05, 0.1) is 6.54 Å². The van der Waals surface area contributed by atoms with Gasteiger partial charge in [-0.2, -0.15) is 0 Å². The summed E-state index contributed by atoms with van der Waals surface area (Å²) in [5.41, 5.74) is 2.62. The maximum atomic E-state index is 12.8. The maximum Gasteiger partial charge on any atom is 0.154 e. The summed E-state index contributed by atoms with van der Waals surface area (Å²) >= 11 is 0. The Morgan fingerprint density at radius 3 is 2.62 bits per heavy atom. The quantitative estimate of drug-likeness (QED) is 0.863. The average molecular weight is 220 g/mol. The van der Waals surface area contributed by atoms with Crippen molar-refractivity contribution in [2.24, 2.45) is 0 Å². The van der Waals surface area contributed by atoms with E-state index in [0.717, 1.165) is 22.6 Å². The third-order valence-corrected chi connectivity index (χ3v) is 2.48. The number of nitrogens with one attached hydrogen (secondary N) is 1. The van der Waals surface area contributed by atoms with Crippen LogP contribution in [0, 0.1) is 12.7 Å². The zero-order valence-corrected chi connectivity index (χ0v) is 9.25. The summed E-state index contributed by atoms with van der Waals surface area (Å²) in [7, 11) is 1.85. The molecule has 0 aliphatic rings. The molecule has 0 unspecified atom stereocenters. The lowest BCUT2D eigenvalue weighted by Crippen LogP contribution is -2.04. The number of rotatable bonds is 3. The van der Waals surface area contributed by atoms with E-state index in [4.69, 9.17) is 4.52 Å². The molecule has 0 fully saturated rings. The summed E-state index contributed by atoms with van der Waals surface area (Å²) in [6, 6.07) is 6.23. The Morgan fingerprint density at radius 2 is 2.00 bits per heavy atom. The van der Waals surface area contributed by atoms with E-state index in [0.29, 0.717) is 6.54 Å². The zero-order chi connectivity index (χ0) is 11.5. The van der Waals surface area contributed by atoms with Crippen LogP contribution in [0.2, 0.25) is 0 Å². The molecule has 1 aromatic carbocycles. The van der Waals surface area contributed by atoms with E-state index in [-0.39, 0.29) is 5.82 Å². The van der Waals surface area contributed by atoms with Gasteiger partial charge >= 0.3 is 0 Å². The topological polar surface area (TPSA) is 38.1 Å². The van der Waals surface area contributed by atoms with Gasteiger partial charge in [0.25, 0.3) is 0 Å². The Labute approximate surface area is 93.3 Å². The summed E-state index contributed by atoms with van der Waals surface area (Å²) in [5, 5.41) is 7.00. The first kappa shape index (κ1) is 10.8. The molecule has 1 aromatic heterocycles. The van der Waals surface area contributed by atoms with Crippen molar-refractivity contribution in [1.82, 2.24) is 10.5 Å². The summed E-state index contributed by atoms with van der Waals surface area (Å²) in [4.78, 5) is 0. The lowest BCUT2D eigenvalue weighted by atomic mass is 10.1. The number of aromatic nitrogens is 1. The molecule has 2 rings (SSSR count). The molecule has 0 saturated carbocycles. The minimum atomic E-state index is -0.250. The van der Waals surface area contributed by atoms with Crippen LogP contribution in [0.25, 0.3) is 11.3 Å². The fourth-order valence-electron chi connectivity index (χ4n) is 1.57. The number of halogens is 1. The number of benzene rings is 1. The van der Waals surface area contributed by atoms with Crippen LogP contribution in [0.4, 0.5) is 4.39 Å². The van der Waals surface area contributed by atoms with Crippen LogP contribution in [0.15, 0.2) is 28.8 Å². The van der Waals surface area contributed by atoms with E-state index in [1.54, 1.807) is 12.1 Å². The largest absolute Gasteiger partial charge is 0.359 e. The van der Waals surface area contributed by atoms with Gasteiger partial charge in [0.1, 0.15) is 11.5 Å². The first-order valence-electron chi connectivity index (χ1n) is 5.08. The van der Waals surface area contributed by atoms with Crippen molar-refractivity contribution in [3.05, 3.63) is 41.4 Å². The van der Waals surface area contributed by atoms with Crippen LogP contribution < -0.4 is 5.32 Å².